The Morgan fingerprint density at radius 2 is 2.33 bits per heavy atom. The summed E-state index contributed by atoms with van der Waals surface area (Å²) in [7, 11) is 0. The first-order valence-electron chi connectivity index (χ1n) is 6.18. The third-order valence-electron chi connectivity index (χ3n) is 2.76. The molecule has 1 aliphatic heterocycles. The third-order valence-corrected chi connectivity index (χ3v) is 4.63. The number of hydrogen-bond donors (Lipinski definition) is 0. The highest BCUT2D eigenvalue weighted by molar-refractivity contribution is 9.10. The van der Waals surface area contributed by atoms with Crippen LogP contribution in [0.4, 0.5) is 0 Å². The first-order chi connectivity index (χ1) is 10.1. The molecule has 1 saturated heterocycles. The predicted molar refractivity (Wildman–Crippen MR) is 94.0 cm³/mol. The minimum Gasteiger partial charge on any atom is -0.480 e. The van der Waals surface area contributed by atoms with Crippen LogP contribution in [0.25, 0.3) is 6.08 Å². The monoisotopic (exact) mass is 381 g/mol. The summed E-state index contributed by atoms with van der Waals surface area (Å²) in [5, 5.41) is 0. The maximum atomic E-state index is 12.2. The number of terminal acetylenes is 1. The van der Waals surface area contributed by atoms with Gasteiger partial charge >= 0.3 is 0 Å². The molecule has 0 bridgehead atoms. The molecule has 0 radical (unpaired) electrons. The smallest absolute Gasteiger partial charge is 0.266 e. The second-order valence-electron chi connectivity index (χ2n) is 4.10. The summed E-state index contributed by atoms with van der Waals surface area (Å²) in [5.74, 6) is 2.99. The van der Waals surface area contributed by atoms with Crippen LogP contribution in [-0.2, 0) is 4.79 Å². The molecule has 21 heavy (non-hydrogen) atoms. The molecule has 1 aliphatic rings. The summed E-state index contributed by atoms with van der Waals surface area (Å²) in [4.78, 5) is 14.4. The molecule has 0 aliphatic carbocycles. The number of thiocarbonyl (C=S) groups is 1. The molecule has 0 N–H and O–H groups in total. The molecule has 2 rings (SSSR count). The Balaban J connectivity index is 2.36. The molecular formula is C15H12BrNO2S2. The lowest BCUT2D eigenvalue weighted by Gasteiger charge is -2.10. The van der Waals surface area contributed by atoms with E-state index in [1.807, 2.05) is 25.1 Å². The van der Waals surface area contributed by atoms with Crippen molar-refractivity contribution >= 4 is 56.2 Å². The van der Waals surface area contributed by atoms with Gasteiger partial charge in [-0.2, -0.15) is 0 Å². The lowest BCUT2D eigenvalue weighted by molar-refractivity contribution is -0.121. The van der Waals surface area contributed by atoms with E-state index in [0.717, 1.165) is 10.0 Å². The number of thioether (sulfide) groups is 1. The van der Waals surface area contributed by atoms with Gasteiger partial charge in [0.1, 0.15) is 16.7 Å². The van der Waals surface area contributed by atoms with Crippen LogP contribution in [0.3, 0.4) is 0 Å². The van der Waals surface area contributed by atoms with E-state index < -0.39 is 0 Å². The number of amides is 1. The van der Waals surface area contributed by atoms with Gasteiger partial charge in [0.25, 0.3) is 5.91 Å². The van der Waals surface area contributed by atoms with Crippen LogP contribution in [0.2, 0.25) is 0 Å². The predicted octanol–water partition coefficient (Wildman–Crippen LogP) is 3.68. The Bertz CT molecular complexity index is 664. The Morgan fingerprint density at radius 1 is 1.57 bits per heavy atom. The van der Waals surface area contributed by atoms with Gasteiger partial charge in [0.05, 0.1) is 4.91 Å². The number of halogens is 1. The zero-order chi connectivity index (χ0) is 15.4. The molecule has 0 aromatic heterocycles. The summed E-state index contributed by atoms with van der Waals surface area (Å²) in [6.07, 6.45) is 7.00. The molecule has 6 heteroatoms. The topological polar surface area (TPSA) is 29.5 Å². The number of benzene rings is 1. The summed E-state index contributed by atoms with van der Waals surface area (Å²) in [6.45, 7) is 2.65. The molecule has 0 saturated carbocycles. The number of carbonyl (C=O) groups excluding carboxylic acids is 1. The van der Waals surface area contributed by atoms with Gasteiger partial charge in [-0.1, -0.05) is 45.8 Å². The summed E-state index contributed by atoms with van der Waals surface area (Å²) < 4.78 is 6.97. The Kier molecular flexibility index (Phi) is 5.45. The van der Waals surface area contributed by atoms with E-state index in [-0.39, 0.29) is 12.5 Å². The van der Waals surface area contributed by atoms with Gasteiger partial charge in [-0.25, -0.2) is 0 Å². The quantitative estimate of drug-likeness (QED) is 0.452. The highest BCUT2D eigenvalue weighted by Gasteiger charge is 2.30. The number of nitrogens with zero attached hydrogens (tertiary/aromatic N) is 1. The average molecular weight is 382 g/mol. The normalized spacial score (nSPS) is 16.4. The van der Waals surface area contributed by atoms with Crippen molar-refractivity contribution in [3.05, 3.63) is 33.1 Å². The maximum Gasteiger partial charge on any atom is 0.266 e. The van der Waals surface area contributed by atoms with Crippen molar-refractivity contribution in [2.24, 2.45) is 0 Å². The highest BCUT2D eigenvalue weighted by atomic mass is 79.9. The molecule has 1 aromatic rings. The maximum absolute atomic E-state index is 12.2. The molecule has 3 nitrogen and oxygen atoms in total. The molecule has 0 unspecified atom stereocenters. The second kappa shape index (κ2) is 7.12. The van der Waals surface area contributed by atoms with E-state index in [9.17, 15) is 4.79 Å². The van der Waals surface area contributed by atoms with Crippen LogP contribution >= 0.6 is 39.9 Å². The zero-order valence-corrected chi connectivity index (χ0v) is 14.5. The minimum atomic E-state index is -0.0737. The summed E-state index contributed by atoms with van der Waals surface area (Å²) >= 11 is 9.91. The summed E-state index contributed by atoms with van der Waals surface area (Å²) in [6, 6.07) is 5.55. The van der Waals surface area contributed by atoms with Gasteiger partial charge in [-0.05, 0) is 31.2 Å². The molecule has 1 heterocycles. The van der Waals surface area contributed by atoms with Crippen molar-refractivity contribution < 1.29 is 9.53 Å². The molecule has 1 amide bonds. The van der Waals surface area contributed by atoms with Gasteiger partial charge in [-0.3, -0.25) is 9.69 Å². The van der Waals surface area contributed by atoms with Crippen LogP contribution in [0, 0.1) is 12.3 Å². The lowest BCUT2D eigenvalue weighted by atomic mass is 10.2. The fraction of sp³-hybridized carbons (Fsp3) is 0.200. The van der Waals surface area contributed by atoms with Crippen molar-refractivity contribution in [2.45, 2.75) is 6.92 Å². The molecule has 1 fully saturated rings. The third kappa shape index (κ3) is 3.67. The standard InChI is InChI=1S/C15H12BrNO2S2/c1-3-7-19-12-6-5-11(16)8-10(12)9-13-14(18)17(4-2)15(20)21-13/h1,5-6,8-9H,4,7H2,2H3. The lowest BCUT2D eigenvalue weighted by Crippen LogP contribution is -2.27. The van der Waals surface area contributed by atoms with Gasteiger partial charge in [0.2, 0.25) is 0 Å². The van der Waals surface area contributed by atoms with Crippen LogP contribution < -0.4 is 4.74 Å². The first-order valence-corrected chi connectivity index (χ1v) is 8.19. The van der Waals surface area contributed by atoms with Crippen molar-refractivity contribution in [1.82, 2.24) is 4.90 Å². The van der Waals surface area contributed by atoms with E-state index in [4.69, 9.17) is 23.4 Å². The first kappa shape index (κ1) is 16.1. The number of hydrogen-bond acceptors (Lipinski definition) is 4. The molecule has 0 atom stereocenters. The fourth-order valence-electron chi connectivity index (χ4n) is 1.80. The van der Waals surface area contributed by atoms with Crippen molar-refractivity contribution in [3.63, 3.8) is 0 Å². The van der Waals surface area contributed by atoms with E-state index >= 15 is 0 Å². The fourth-order valence-corrected chi connectivity index (χ4v) is 3.55. The number of likely N-dealkylation sites (N-methyl/N-ethyl adjacent to an activating group) is 1. The van der Waals surface area contributed by atoms with Gasteiger partial charge in [0.15, 0.2) is 0 Å². The van der Waals surface area contributed by atoms with Crippen molar-refractivity contribution in [1.29, 1.82) is 0 Å². The summed E-state index contributed by atoms with van der Waals surface area (Å²) in [5.41, 5.74) is 0.788. The SMILES string of the molecule is C#CCOc1ccc(Br)cc1C=C1SC(=S)N(CC)C1=O. The number of ether oxygens (including phenoxy) is 1. The van der Waals surface area contributed by atoms with Crippen LogP contribution in [-0.4, -0.2) is 28.3 Å². The van der Waals surface area contributed by atoms with Crippen molar-refractivity contribution in [3.8, 4) is 18.1 Å². The Hall–Kier alpha value is -1.29. The minimum absolute atomic E-state index is 0.0737. The van der Waals surface area contributed by atoms with Gasteiger partial charge < -0.3 is 4.74 Å². The van der Waals surface area contributed by atoms with E-state index in [0.29, 0.717) is 21.5 Å². The number of rotatable bonds is 4. The van der Waals surface area contributed by atoms with E-state index in [2.05, 4.69) is 21.9 Å². The Labute approximate surface area is 141 Å². The van der Waals surface area contributed by atoms with Crippen LogP contribution in [0.5, 0.6) is 5.75 Å². The average Bonchev–Trinajstić information content (AvgIpc) is 2.72. The van der Waals surface area contributed by atoms with E-state index in [1.54, 1.807) is 11.0 Å². The molecule has 108 valence electrons. The van der Waals surface area contributed by atoms with Crippen LogP contribution in [0.15, 0.2) is 27.6 Å². The second-order valence-corrected chi connectivity index (χ2v) is 6.69. The van der Waals surface area contributed by atoms with Crippen LogP contribution in [0.1, 0.15) is 12.5 Å². The highest BCUT2D eigenvalue weighted by Crippen LogP contribution is 2.34. The largest absolute Gasteiger partial charge is 0.480 e. The zero-order valence-electron chi connectivity index (χ0n) is 11.3. The Morgan fingerprint density at radius 3 is 2.95 bits per heavy atom. The van der Waals surface area contributed by atoms with Crippen molar-refractivity contribution in [2.75, 3.05) is 13.2 Å². The molecular weight excluding hydrogens is 370 g/mol. The van der Waals surface area contributed by atoms with Gasteiger partial charge in [-0.15, -0.1) is 6.42 Å². The number of carbonyl (C=O) groups is 1. The van der Waals surface area contributed by atoms with Gasteiger partial charge in [0, 0.05) is 16.6 Å². The molecule has 1 aromatic carbocycles. The van der Waals surface area contributed by atoms with E-state index in [1.165, 1.54) is 11.8 Å². The molecule has 0 spiro atoms.